The summed E-state index contributed by atoms with van der Waals surface area (Å²) in [5, 5.41) is 2.80. The lowest BCUT2D eigenvalue weighted by Crippen LogP contribution is -2.29. The number of anilines is 1. The lowest BCUT2D eigenvalue weighted by atomic mass is 9.87. The molecule has 0 fully saturated rings. The average molecular weight is 419 g/mol. The molecule has 0 bridgehead atoms. The molecule has 0 radical (unpaired) electrons. The van der Waals surface area contributed by atoms with Crippen LogP contribution in [0.5, 0.6) is 5.75 Å². The molecule has 29 heavy (non-hydrogen) atoms. The molecular weight excluding hydrogens is 388 g/mol. The van der Waals surface area contributed by atoms with Crippen molar-refractivity contribution in [2.45, 2.75) is 33.1 Å². The van der Waals surface area contributed by atoms with Crippen molar-refractivity contribution in [2.24, 2.45) is 0 Å². The zero-order chi connectivity index (χ0) is 21.8. The third-order valence-electron chi connectivity index (χ3n) is 4.68. The van der Waals surface area contributed by atoms with Gasteiger partial charge in [-0.15, -0.1) is 0 Å². The minimum absolute atomic E-state index is 0.0879. The quantitative estimate of drug-likeness (QED) is 0.699. The number of carbonyl (C=O) groups is 1. The summed E-state index contributed by atoms with van der Waals surface area (Å²) in [6.07, 6.45) is 1.13. The van der Waals surface area contributed by atoms with Gasteiger partial charge in [0, 0.05) is 12.6 Å². The number of sulfonamides is 1. The third-order valence-corrected chi connectivity index (χ3v) is 5.88. The second kappa shape index (κ2) is 8.86. The van der Waals surface area contributed by atoms with Crippen LogP contribution >= 0.6 is 0 Å². The van der Waals surface area contributed by atoms with E-state index in [1.165, 1.54) is 16.9 Å². The first-order chi connectivity index (χ1) is 13.4. The summed E-state index contributed by atoms with van der Waals surface area (Å²) < 4.78 is 30.4. The number of benzene rings is 2. The number of carbonyl (C=O) groups excluding carboxylic acids is 1. The number of nitrogens with one attached hydrogen (secondary N) is 1. The first kappa shape index (κ1) is 22.7. The number of rotatable bonds is 7. The maximum absolute atomic E-state index is 12.4. The molecule has 2 aromatic carbocycles. The van der Waals surface area contributed by atoms with Crippen molar-refractivity contribution < 1.29 is 17.9 Å². The standard InChI is InChI=1S/C22H30N2O4S/c1-16-7-8-17(15-20(16)24(5)29(6,26)27)21(25)23-13-14-28-19-11-9-18(10-12-19)22(2,3)4/h7-12,15H,13-14H2,1-6H3,(H,23,25). The molecule has 2 aromatic rings. The first-order valence-electron chi connectivity index (χ1n) is 9.45. The van der Waals surface area contributed by atoms with Crippen LogP contribution in [0.4, 0.5) is 5.69 Å². The van der Waals surface area contributed by atoms with Gasteiger partial charge in [0.05, 0.1) is 18.5 Å². The summed E-state index contributed by atoms with van der Waals surface area (Å²) in [5.41, 5.74) is 2.97. The summed E-state index contributed by atoms with van der Waals surface area (Å²) in [4.78, 5) is 12.4. The molecule has 0 aliphatic carbocycles. The minimum Gasteiger partial charge on any atom is -0.492 e. The molecule has 0 saturated carbocycles. The van der Waals surface area contributed by atoms with E-state index in [2.05, 4.69) is 26.1 Å². The predicted octanol–water partition coefficient (Wildman–Crippen LogP) is 3.50. The molecule has 1 amide bonds. The van der Waals surface area contributed by atoms with E-state index in [-0.39, 0.29) is 11.3 Å². The first-order valence-corrected chi connectivity index (χ1v) is 11.3. The Morgan fingerprint density at radius 2 is 1.72 bits per heavy atom. The van der Waals surface area contributed by atoms with Gasteiger partial charge in [-0.3, -0.25) is 9.10 Å². The topological polar surface area (TPSA) is 75.7 Å². The Morgan fingerprint density at radius 3 is 2.28 bits per heavy atom. The number of ether oxygens (including phenoxy) is 1. The van der Waals surface area contributed by atoms with E-state index in [4.69, 9.17) is 4.74 Å². The highest BCUT2D eigenvalue weighted by atomic mass is 32.2. The molecule has 6 nitrogen and oxygen atoms in total. The van der Waals surface area contributed by atoms with E-state index in [9.17, 15) is 13.2 Å². The van der Waals surface area contributed by atoms with Crippen LogP contribution in [-0.2, 0) is 15.4 Å². The van der Waals surface area contributed by atoms with Crippen LogP contribution in [0.3, 0.4) is 0 Å². The Balaban J connectivity index is 1.93. The van der Waals surface area contributed by atoms with E-state index in [0.29, 0.717) is 24.4 Å². The van der Waals surface area contributed by atoms with Crippen molar-refractivity contribution >= 4 is 21.6 Å². The highest BCUT2D eigenvalue weighted by molar-refractivity contribution is 7.92. The van der Waals surface area contributed by atoms with Gasteiger partial charge in [-0.1, -0.05) is 39.0 Å². The predicted molar refractivity (Wildman–Crippen MR) is 117 cm³/mol. The molecule has 0 spiro atoms. The van der Waals surface area contributed by atoms with Crippen LogP contribution in [0, 0.1) is 6.92 Å². The van der Waals surface area contributed by atoms with Crippen molar-refractivity contribution in [3.05, 3.63) is 59.2 Å². The van der Waals surface area contributed by atoms with Gasteiger partial charge >= 0.3 is 0 Å². The maximum Gasteiger partial charge on any atom is 0.251 e. The van der Waals surface area contributed by atoms with Crippen LogP contribution in [0.2, 0.25) is 0 Å². The molecule has 1 N–H and O–H groups in total. The minimum atomic E-state index is -3.40. The van der Waals surface area contributed by atoms with Gasteiger partial charge in [0.2, 0.25) is 10.0 Å². The Bertz CT molecular complexity index is 961. The van der Waals surface area contributed by atoms with Gasteiger partial charge < -0.3 is 10.1 Å². The molecule has 0 atom stereocenters. The Hall–Kier alpha value is -2.54. The average Bonchev–Trinajstić information content (AvgIpc) is 2.63. The van der Waals surface area contributed by atoms with Gasteiger partial charge in [0.25, 0.3) is 5.91 Å². The van der Waals surface area contributed by atoms with Gasteiger partial charge in [-0.25, -0.2) is 8.42 Å². The summed E-state index contributed by atoms with van der Waals surface area (Å²) in [7, 11) is -1.93. The Labute approximate surface area is 173 Å². The fourth-order valence-corrected chi connectivity index (χ4v) is 3.31. The molecule has 158 valence electrons. The number of hydrogen-bond acceptors (Lipinski definition) is 4. The van der Waals surface area contributed by atoms with Crippen molar-refractivity contribution in [1.82, 2.24) is 5.32 Å². The monoisotopic (exact) mass is 418 g/mol. The highest BCUT2D eigenvalue weighted by Crippen LogP contribution is 2.24. The van der Waals surface area contributed by atoms with Gasteiger partial charge in [0.15, 0.2) is 0 Å². The molecular formula is C22H30N2O4S. The third kappa shape index (κ3) is 6.22. The fraction of sp³-hybridized carbons (Fsp3) is 0.409. The summed E-state index contributed by atoms with van der Waals surface area (Å²) in [5.74, 6) is 0.472. The van der Waals surface area contributed by atoms with Crippen LogP contribution in [0.1, 0.15) is 42.3 Å². The largest absolute Gasteiger partial charge is 0.492 e. The molecule has 0 aliphatic heterocycles. The van der Waals surface area contributed by atoms with Crippen molar-refractivity contribution in [3.8, 4) is 5.75 Å². The van der Waals surface area contributed by atoms with Crippen LogP contribution < -0.4 is 14.4 Å². The van der Waals surface area contributed by atoms with Crippen LogP contribution in [-0.4, -0.2) is 40.8 Å². The smallest absolute Gasteiger partial charge is 0.251 e. The number of amides is 1. The number of hydrogen-bond donors (Lipinski definition) is 1. The normalized spacial score (nSPS) is 11.8. The lowest BCUT2D eigenvalue weighted by molar-refractivity contribution is 0.0947. The van der Waals surface area contributed by atoms with Crippen molar-refractivity contribution in [2.75, 3.05) is 30.8 Å². The maximum atomic E-state index is 12.4. The molecule has 7 heteroatoms. The zero-order valence-corrected chi connectivity index (χ0v) is 18.8. The Morgan fingerprint density at radius 1 is 1.10 bits per heavy atom. The fourth-order valence-electron chi connectivity index (χ4n) is 2.76. The molecule has 2 rings (SSSR count). The van der Waals surface area contributed by atoms with Gasteiger partial charge in [-0.2, -0.15) is 0 Å². The van der Waals surface area contributed by atoms with Crippen LogP contribution in [0.15, 0.2) is 42.5 Å². The molecule has 0 unspecified atom stereocenters. The summed E-state index contributed by atoms with van der Waals surface area (Å²) in [6.45, 7) is 8.94. The second-order valence-electron chi connectivity index (χ2n) is 8.11. The Kier molecular flexibility index (Phi) is 6.95. The molecule has 0 saturated heterocycles. The number of nitrogens with zero attached hydrogens (tertiary/aromatic N) is 1. The second-order valence-corrected chi connectivity index (χ2v) is 10.1. The SMILES string of the molecule is Cc1ccc(C(=O)NCCOc2ccc(C(C)(C)C)cc2)cc1N(C)S(C)(=O)=O. The van der Waals surface area contributed by atoms with E-state index in [0.717, 1.165) is 17.6 Å². The summed E-state index contributed by atoms with van der Waals surface area (Å²) in [6, 6.07) is 12.9. The molecule has 0 heterocycles. The lowest BCUT2D eigenvalue weighted by Gasteiger charge is -2.20. The van der Waals surface area contributed by atoms with E-state index >= 15 is 0 Å². The van der Waals surface area contributed by atoms with Crippen molar-refractivity contribution in [3.63, 3.8) is 0 Å². The van der Waals surface area contributed by atoms with Crippen molar-refractivity contribution in [1.29, 1.82) is 0 Å². The van der Waals surface area contributed by atoms with E-state index < -0.39 is 10.0 Å². The summed E-state index contributed by atoms with van der Waals surface area (Å²) >= 11 is 0. The van der Waals surface area contributed by atoms with Gasteiger partial charge in [0.1, 0.15) is 12.4 Å². The van der Waals surface area contributed by atoms with Crippen LogP contribution in [0.25, 0.3) is 0 Å². The van der Waals surface area contributed by atoms with E-state index in [1.807, 2.05) is 24.3 Å². The highest BCUT2D eigenvalue weighted by Gasteiger charge is 2.17. The molecule has 0 aliphatic rings. The zero-order valence-electron chi connectivity index (χ0n) is 17.9. The van der Waals surface area contributed by atoms with Gasteiger partial charge in [-0.05, 0) is 47.7 Å². The number of aryl methyl sites for hydroxylation is 1. The van der Waals surface area contributed by atoms with E-state index in [1.54, 1.807) is 25.1 Å². The molecule has 0 aromatic heterocycles.